The van der Waals surface area contributed by atoms with Crippen LogP contribution in [-0.2, 0) is 19.1 Å². The Labute approximate surface area is 180 Å². The second-order valence-electron chi connectivity index (χ2n) is 8.34. The summed E-state index contributed by atoms with van der Waals surface area (Å²) in [5, 5.41) is 5.33. The molecule has 0 radical (unpaired) electrons. The lowest BCUT2D eigenvalue weighted by Crippen LogP contribution is -2.49. The largest absolute Gasteiger partial charge is 0.451 e. The molecule has 2 aliphatic rings. The van der Waals surface area contributed by atoms with Gasteiger partial charge in [0.25, 0.3) is 11.8 Å². The first-order chi connectivity index (χ1) is 14.6. The molecule has 1 heterocycles. The Bertz CT molecular complexity index is 902. The van der Waals surface area contributed by atoms with Gasteiger partial charge in [0.2, 0.25) is 0 Å². The number of anilines is 1. The summed E-state index contributed by atoms with van der Waals surface area (Å²) in [6.45, 7) is 4.39. The SMILES string of the molecule is CC(=O)c1ccc(NC(=O)[C@H](C)OC(=O)CN2C(=O)NC3(CCC(C)CC3)C2=O)cc1. The number of imide groups is 1. The van der Waals surface area contributed by atoms with Gasteiger partial charge in [-0.25, -0.2) is 4.79 Å². The molecule has 166 valence electrons. The second-order valence-corrected chi connectivity index (χ2v) is 8.34. The number of carbonyl (C=O) groups excluding carboxylic acids is 5. The molecule has 1 aliphatic heterocycles. The van der Waals surface area contributed by atoms with E-state index >= 15 is 0 Å². The van der Waals surface area contributed by atoms with Crippen molar-refractivity contribution in [3.63, 3.8) is 0 Å². The zero-order valence-electron chi connectivity index (χ0n) is 17.9. The van der Waals surface area contributed by atoms with Gasteiger partial charge in [-0.15, -0.1) is 0 Å². The Morgan fingerprint density at radius 1 is 1.19 bits per heavy atom. The molecule has 1 aromatic carbocycles. The minimum Gasteiger partial charge on any atom is -0.451 e. The minimum atomic E-state index is -1.13. The number of hydrogen-bond acceptors (Lipinski definition) is 6. The average Bonchev–Trinajstić information content (AvgIpc) is 2.94. The summed E-state index contributed by atoms with van der Waals surface area (Å²) >= 11 is 0. The number of benzene rings is 1. The number of rotatable bonds is 6. The van der Waals surface area contributed by atoms with Crippen molar-refractivity contribution >= 4 is 35.3 Å². The Kier molecular flexibility index (Phi) is 6.42. The molecule has 4 amide bonds. The van der Waals surface area contributed by atoms with Gasteiger partial charge in [0.05, 0.1) is 0 Å². The first-order valence-electron chi connectivity index (χ1n) is 10.4. The van der Waals surface area contributed by atoms with Crippen molar-refractivity contribution in [2.24, 2.45) is 5.92 Å². The summed E-state index contributed by atoms with van der Waals surface area (Å²) in [6.07, 6.45) is 1.62. The van der Waals surface area contributed by atoms with E-state index in [0.717, 1.165) is 17.7 Å². The van der Waals surface area contributed by atoms with Crippen molar-refractivity contribution in [2.45, 2.75) is 58.1 Å². The molecule has 0 bridgehead atoms. The molecule has 2 N–H and O–H groups in total. The maximum Gasteiger partial charge on any atom is 0.327 e. The predicted octanol–water partition coefficient (Wildman–Crippen LogP) is 2.26. The number of nitrogens with one attached hydrogen (secondary N) is 2. The number of ether oxygens (including phenoxy) is 1. The fourth-order valence-electron chi connectivity index (χ4n) is 3.86. The highest BCUT2D eigenvalue weighted by atomic mass is 16.5. The fourth-order valence-corrected chi connectivity index (χ4v) is 3.86. The molecule has 3 rings (SSSR count). The molecule has 0 aromatic heterocycles. The molecule has 1 aromatic rings. The quantitative estimate of drug-likeness (QED) is 0.406. The van der Waals surface area contributed by atoms with Gasteiger partial charge >= 0.3 is 12.0 Å². The van der Waals surface area contributed by atoms with E-state index < -0.39 is 42.0 Å². The second kappa shape index (κ2) is 8.87. The molecule has 1 spiro atoms. The molecule has 1 aliphatic carbocycles. The Balaban J connectivity index is 1.53. The Morgan fingerprint density at radius 2 is 1.81 bits per heavy atom. The zero-order valence-corrected chi connectivity index (χ0v) is 17.9. The Morgan fingerprint density at radius 3 is 2.39 bits per heavy atom. The molecule has 31 heavy (non-hydrogen) atoms. The van der Waals surface area contributed by atoms with E-state index in [-0.39, 0.29) is 5.78 Å². The summed E-state index contributed by atoms with van der Waals surface area (Å²) in [5.74, 6) is -1.43. The van der Waals surface area contributed by atoms with Crippen LogP contribution in [0.25, 0.3) is 0 Å². The van der Waals surface area contributed by atoms with Crippen LogP contribution in [0.3, 0.4) is 0 Å². The normalized spacial score (nSPS) is 24.0. The summed E-state index contributed by atoms with van der Waals surface area (Å²) in [7, 11) is 0. The molecular formula is C22H27N3O6. The summed E-state index contributed by atoms with van der Waals surface area (Å²) in [4.78, 5) is 61.8. The van der Waals surface area contributed by atoms with Gasteiger partial charge < -0.3 is 15.4 Å². The molecular weight excluding hydrogens is 402 g/mol. The first kappa shape index (κ1) is 22.5. The highest BCUT2D eigenvalue weighted by Gasteiger charge is 2.52. The lowest BCUT2D eigenvalue weighted by Gasteiger charge is -2.33. The van der Waals surface area contributed by atoms with Crippen LogP contribution in [0.5, 0.6) is 0 Å². The number of amides is 4. The summed E-state index contributed by atoms with van der Waals surface area (Å²) < 4.78 is 5.12. The van der Waals surface area contributed by atoms with Crippen molar-refractivity contribution in [1.82, 2.24) is 10.2 Å². The zero-order chi connectivity index (χ0) is 22.8. The topological polar surface area (TPSA) is 122 Å². The molecule has 0 unspecified atom stereocenters. The third kappa shape index (κ3) is 4.92. The highest BCUT2D eigenvalue weighted by Crippen LogP contribution is 2.36. The van der Waals surface area contributed by atoms with Gasteiger partial charge in [-0.2, -0.15) is 0 Å². The number of esters is 1. The van der Waals surface area contributed by atoms with Gasteiger partial charge in [0.1, 0.15) is 12.1 Å². The molecule has 9 heteroatoms. The summed E-state index contributed by atoms with van der Waals surface area (Å²) in [5.41, 5.74) is 0.0236. The smallest absolute Gasteiger partial charge is 0.327 e. The van der Waals surface area contributed by atoms with Crippen molar-refractivity contribution in [3.05, 3.63) is 29.8 Å². The standard InChI is InChI=1S/C22H27N3O6/c1-13-8-10-22(11-9-13)20(29)25(21(30)24-22)12-18(27)31-15(3)19(28)23-17-6-4-16(5-7-17)14(2)26/h4-7,13,15H,8-12H2,1-3H3,(H,23,28)(H,24,30)/t13?,15-,22?/m0/s1. The number of ketones is 1. The third-order valence-electron chi connectivity index (χ3n) is 5.90. The maximum atomic E-state index is 12.8. The average molecular weight is 429 g/mol. The van der Waals surface area contributed by atoms with E-state index in [9.17, 15) is 24.0 Å². The van der Waals surface area contributed by atoms with Gasteiger partial charge in [0.15, 0.2) is 11.9 Å². The third-order valence-corrected chi connectivity index (χ3v) is 5.90. The van der Waals surface area contributed by atoms with Crippen LogP contribution in [0, 0.1) is 5.92 Å². The van der Waals surface area contributed by atoms with Crippen molar-refractivity contribution < 1.29 is 28.7 Å². The van der Waals surface area contributed by atoms with E-state index in [0.29, 0.717) is 30.0 Å². The van der Waals surface area contributed by atoms with E-state index in [1.54, 1.807) is 24.3 Å². The number of carbonyl (C=O) groups is 5. The molecule has 1 atom stereocenters. The van der Waals surface area contributed by atoms with Gasteiger partial charge in [-0.1, -0.05) is 6.92 Å². The Hall–Kier alpha value is -3.23. The number of Topliss-reactive ketones (excluding diaryl/α,β-unsaturated/α-hetero) is 1. The van der Waals surface area contributed by atoms with Crippen molar-refractivity contribution in [1.29, 1.82) is 0 Å². The molecule has 2 fully saturated rings. The monoisotopic (exact) mass is 429 g/mol. The molecule has 1 saturated carbocycles. The summed E-state index contributed by atoms with van der Waals surface area (Å²) in [6, 6.07) is 5.68. The van der Waals surface area contributed by atoms with Crippen LogP contribution in [0.1, 0.15) is 56.8 Å². The van der Waals surface area contributed by atoms with E-state index in [1.165, 1.54) is 13.8 Å². The fraction of sp³-hybridized carbons (Fsp3) is 0.500. The van der Waals surface area contributed by atoms with E-state index in [4.69, 9.17) is 4.74 Å². The van der Waals surface area contributed by atoms with Crippen LogP contribution in [-0.4, -0.2) is 52.7 Å². The van der Waals surface area contributed by atoms with E-state index in [1.807, 2.05) is 0 Å². The lowest BCUT2D eigenvalue weighted by molar-refractivity contribution is -0.155. The van der Waals surface area contributed by atoms with Gasteiger partial charge in [-0.05, 0) is 69.7 Å². The van der Waals surface area contributed by atoms with Crippen molar-refractivity contribution in [2.75, 3.05) is 11.9 Å². The van der Waals surface area contributed by atoms with Crippen LogP contribution in [0.2, 0.25) is 0 Å². The van der Waals surface area contributed by atoms with Crippen LogP contribution >= 0.6 is 0 Å². The first-order valence-corrected chi connectivity index (χ1v) is 10.4. The predicted molar refractivity (Wildman–Crippen MR) is 111 cm³/mol. The minimum absolute atomic E-state index is 0.0924. The van der Waals surface area contributed by atoms with Crippen LogP contribution in [0.15, 0.2) is 24.3 Å². The number of nitrogens with zero attached hydrogens (tertiary/aromatic N) is 1. The number of urea groups is 1. The van der Waals surface area contributed by atoms with Gasteiger partial charge in [0, 0.05) is 11.3 Å². The van der Waals surface area contributed by atoms with E-state index in [2.05, 4.69) is 17.6 Å². The highest BCUT2D eigenvalue weighted by molar-refractivity contribution is 6.09. The number of hydrogen-bond donors (Lipinski definition) is 2. The lowest BCUT2D eigenvalue weighted by atomic mass is 9.77. The maximum absolute atomic E-state index is 12.8. The van der Waals surface area contributed by atoms with Gasteiger partial charge in [-0.3, -0.25) is 24.1 Å². The molecule has 9 nitrogen and oxygen atoms in total. The van der Waals surface area contributed by atoms with Crippen molar-refractivity contribution in [3.8, 4) is 0 Å². The van der Waals surface area contributed by atoms with Crippen LogP contribution in [0.4, 0.5) is 10.5 Å². The molecule has 1 saturated heterocycles. The van der Waals surface area contributed by atoms with Crippen LogP contribution < -0.4 is 10.6 Å².